The van der Waals surface area contributed by atoms with Crippen molar-refractivity contribution in [2.24, 2.45) is 34.5 Å². The van der Waals surface area contributed by atoms with Crippen LogP contribution >= 0.6 is 0 Å². The predicted molar refractivity (Wildman–Crippen MR) is 118 cm³/mol. The molecule has 4 rings (SSSR count). The Hall–Kier alpha value is -0.850. The van der Waals surface area contributed by atoms with Gasteiger partial charge in [0.25, 0.3) is 0 Å². The van der Waals surface area contributed by atoms with Crippen molar-refractivity contribution in [1.82, 2.24) is 0 Å². The third kappa shape index (κ3) is 3.25. The van der Waals surface area contributed by atoms with Crippen LogP contribution in [0.3, 0.4) is 0 Å². The molecule has 4 aliphatic carbocycles. The van der Waals surface area contributed by atoms with Crippen molar-refractivity contribution in [1.29, 1.82) is 0 Å². The molecule has 0 N–H and O–H groups in total. The van der Waals surface area contributed by atoms with Gasteiger partial charge < -0.3 is 0 Å². The van der Waals surface area contributed by atoms with Crippen molar-refractivity contribution in [3.8, 4) is 0 Å². The van der Waals surface area contributed by atoms with Gasteiger partial charge in [-0.2, -0.15) is 0 Å². The number of allylic oxidation sites excluding steroid dienone is 4. The zero-order valence-electron chi connectivity index (χ0n) is 19.1. The van der Waals surface area contributed by atoms with E-state index in [1.165, 1.54) is 56.9 Å². The predicted octanol–water partition coefficient (Wildman–Crippen LogP) is 7.66. The smallest absolute Gasteiger partial charge is 0.133 e. The highest BCUT2D eigenvalue weighted by molar-refractivity contribution is 5.80. The maximum atomic E-state index is 12.1. The van der Waals surface area contributed by atoms with E-state index in [0.29, 0.717) is 22.5 Å². The zero-order chi connectivity index (χ0) is 20.1. The summed E-state index contributed by atoms with van der Waals surface area (Å²) in [5, 5.41) is 0. The molecule has 156 valence electrons. The van der Waals surface area contributed by atoms with E-state index in [0.717, 1.165) is 37.0 Å². The Bertz CT molecular complexity index is 693. The average Bonchev–Trinajstić information content (AvgIpc) is 2.99. The highest BCUT2D eigenvalue weighted by Gasteiger charge is 2.55. The maximum absolute atomic E-state index is 12.1. The van der Waals surface area contributed by atoms with Crippen molar-refractivity contribution in [2.45, 2.75) is 105 Å². The van der Waals surface area contributed by atoms with Crippen LogP contribution in [-0.2, 0) is 4.79 Å². The Morgan fingerprint density at radius 3 is 2.64 bits per heavy atom. The van der Waals surface area contributed by atoms with Gasteiger partial charge in [0.2, 0.25) is 0 Å². The molecule has 2 saturated carbocycles. The third-order valence-corrected chi connectivity index (χ3v) is 9.74. The van der Waals surface area contributed by atoms with Gasteiger partial charge in [0.05, 0.1) is 0 Å². The molecule has 1 unspecified atom stereocenters. The molecule has 0 amide bonds. The summed E-state index contributed by atoms with van der Waals surface area (Å²) in [6.07, 6.45) is 16.0. The van der Waals surface area contributed by atoms with Crippen molar-refractivity contribution in [2.75, 3.05) is 0 Å². The minimum Gasteiger partial charge on any atom is -0.300 e. The Balaban J connectivity index is 1.56. The second-order valence-electron chi connectivity index (χ2n) is 11.5. The highest BCUT2D eigenvalue weighted by atomic mass is 16.1. The van der Waals surface area contributed by atoms with Crippen LogP contribution in [0, 0.1) is 34.5 Å². The number of carbonyl (C=O) groups is 1. The van der Waals surface area contributed by atoms with Crippen LogP contribution in [0.2, 0.25) is 0 Å². The van der Waals surface area contributed by atoms with Crippen molar-refractivity contribution >= 4 is 5.78 Å². The van der Waals surface area contributed by atoms with Gasteiger partial charge >= 0.3 is 0 Å². The van der Waals surface area contributed by atoms with Gasteiger partial charge in [-0.1, -0.05) is 43.6 Å². The molecule has 2 fully saturated rings. The molecule has 0 heterocycles. The fourth-order valence-corrected chi connectivity index (χ4v) is 8.06. The SMILES string of the molecule is CC(C)=CCC[C@@H](C)[C@H]1CC[C@H]2C3=C(CC[C@]12C)[C@@]1(C)CCC(=O)CC1CC3. The Labute approximate surface area is 173 Å². The van der Waals surface area contributed by atoms with E-state index < -0.39 is 0 Å². The number of hydrogen-bond donors (Lipinski definition) is 0. The van der Waals surface area contributed by atoms with E-state index in [9.17, 15) is 4.79 Å². The third-order valence-electron chi connectivity index (χ3n) is 9.74. The van der Waals surface area contributed by atoms with Gasteiger partial charge in [-0.05, 0) is 106 Å². The standard InChI is InChI=1S/C27H42O/c1-18(2)7-6-8-19(3)23-11-12-24-22-10-9-20-17-21(28)13-15-26(20,4)25(22)14-16-27(23,24)5/h7,19-20,23-24H,6,8-17H2,1-5H3/t19-,20?,23-,24+,26+,27-/m1/s1. The molecule has 0 spiro atoms. The minimum atomic E-state index is 0.343. The molecular weight excluding hydrogens is 340 g/mol. The molecule has 1 nitrogen and oxygen atoms in total. The lowest BCUT2D eigenvalue weighted by atomic mass is 9.50. The molecule has 0 aromatic heterocycles. The molecule has 0 bridgehead atoms. The fraction of sp³-hybridized carbons (Fsp3) is 0.815. The summed E-state index contributed by atoms with van der Waals surface area (Å²) in [6, 6.07) is 0. The Kier molecular flexibility index (Phi) is 5.43. The summed E-state index contributed by atoms with van der Waals surface area (Å²) in [4.78, 5) is 12.1. The normalized spacial score (nSPS) is 41.2. The number of rotatable bonds is 4. The molecule has 28 heavy (non-hydrogen) atoms. The van der Waals surface area contributed by atoms with Crippen LogP contribution in [-0.4, -0.2) is 5.78 Å². The van der Waals surface area contributed by atoms with E-state index in [1.54, 1.807) is 0 Å². The van der Waals surface area contributed by atoms with E-state index >= 15 is 0 Å². The first-order valence-electron chi connectivity index (χ1n) is 12.1. The number of carbonyl (C=O) groups excluding carboxylic acids is 1. The summed E-state index contributed by atoms with van der Waals surface area (Å²) in [7, 11) is 0. The molecule has 0 radical (unpaired) electrons. The Morgan fingerprint density at radius 1 is 1.11 bits per heavy atom. The van der Waals surface area contributed by atoms with Crippen LogP contribution in [0.4, 0.5) is 0 Å². The molecular formula is C27H42O. The van der Waals surface area contributed by atoms with Crippen LogP contribution in [0.15, 0.2) is 22.8 Å². The summed E-state index contributed by atoms with van der Waals surface area (Å²) < 4.78 is 0. The molecule has 0 aromatic carbocycles. The first-order chi connectivity index (χ1) is 13.3. The molecule has 1 heteroatoms. The van der Waals surface area contributed by atoms with Crippen LogP contribution in [0.25, 0.3) is 0 Å². The molecule has 0 saturated heterocycles. The van der Waals surface area contributed by atoms with Crippen LogP contribution in [0.5, 0.6) is 0 Å². The van der Waals surface area contributed by atoms with E-state index in [2.05, 4.69) is 40.7 Å². The zero-order valence-corrected chi connectivity index (χ0v) is 19.1. The monoisotopic (exact) mass is 382 g/mol. The number of hydrogen-bond acceptors (Lipinski definition) is 1. The van der Waals surface area contributed by atoms with Gasteiger partial charge in [-0.15, -0.1) is 0 Å². The molecule has 0 aromatic rings. The number of Topliss-reactive ketones (excluding diaryl/α,β-unsaturated/α-hetero) is 1. The van der Waals surface area contributed by atoms with Gasteiger partial charge in [0.1, 0.15) is 5.78 Å². The summed E-state index contributed by atoms with van der Waals surface area (Å²) in [6.45, 7) is 12.2. The number of ketones is 1. The van der Waals surface area contributed by atoms with Crippen molar-refractivity contribution in [3.05, 3.63) is 22.8 Å². The summed E-state index contributed by atoms with van der Waals surface area (Å²) in [5.74, 6) is 3.74. The fourth-order valence-electron chi connectivity index (χ4n) is 8.06. The lowest BCUT2D eigenvalue weighted by molar-refractivity contribution is -0.124. The van der Waals surface area contributed by atoms with Crippen molar-refractivity contribution in [3.63, 3.8) is 0 Å². The summed E-state index contributed by atoms with van der Waals surface area (Å²) >= 11 is 0. The highest BCUT2D eigenvalue weighted by Crippen LogP contribution is 2.65. The molecule has 4 aliphatic rings. The molecule has 0 aliphatic heterocycles. The number of fused-ring (bicyclic) bond motifs is 4. The van der Waals surface area contributed by atoms with Gasteiger partial charge in [0.15, 0.2) is 0 Å². The van der Waals surface area contributed by atoms with Crippen LogP contribution in [0.1, 0.15) is 105 Å². The second kappa shape index (κ2) is 7.44. The lowest BCUT2D eigenvalue weighted by Crippen LogP contribution is -2.45. The lowest BCUT2D eigenvalue weighted by Gasteiger charge is -2.54. The minimum absolute atomic E-state index is 0.343. The summed E-state index contributed by atoms with van der Waals surface area (Å²) in [5.41, 5.74) is 6.04. The van der Waals surface area contributed by atoms with E-state index in [1.807, 2.05) is 11.1 Å². The maximum Gasteiger partial charge on any atom is 0.133 e. The van der Waals surface area contributed by atoms with Gasteiger partial charge in [-0.3, -0.25) is 4.79 Å². The topological polar surface area (TPSA) is 17.1 Å². The van der Waals surface area contributed by atoms with Crippen molar-refractivity contribution < 1.29 is 4.79 Å². The van der Waals surface area contributed by atoms with E-state index in [4.69, 9.17) is 0 Å². The van der Waals surface area contributed by atoms with Gasteiger partial charge in [-0.25, -0.2) is 0 Å². The molecule has 6 atom stereocenters. The average molecular weight is 383 g/mol. The van der Waals surface area contributed by atoms with E-state index in [-0.39, 0.29) is 0 Å². The first kappa shape index (κ1) is 20.4. The first-order valence-corrected chi connectivity index (χ1v) is 12.1. The Morgan fingerprint density at radius 2 is 1.89 bits per heavy atom. The van der Waals surface area contributed by atoms with Crippen LogP contribution < -0.4 is 0 Å². The quantitative estimate of drug-likeness (QED) is 0.456. The second-order valence-corrected chi connectivity index (χ2v) is 11.5. The largest absolute Gasteiger partial charge is 0.300 e. The van der Waals surface area contributed by atoms with Gasteiger partial charge in [0, 0.05) is 12.8 Å².